The fraction of sp³-hybridized carbons (Fsp3) is 0.529. The monoisotopic (exact) mass is 289 g/mol. The molecule has 1 fully saturated rings. The van der Waals surface area contributed by atoms with Crippen LogP contribution < -0.4 is 0 Å². The maximum Gasteiger partial charge on any atom is 0.223 e. The second-order valence-corrected chi connectivity index (χ2v) is 5.85. The van der Waals surface area contributed by atoms with Crippen molar-refractivity contribution in [1.29, 1.82) is 0 Å². The molecule has 1 heterocycles. The Labute approximate surface area is 126 Å². The van der Waals surface area contributed by atoms with Gasteiger partial charge >= 0.3 is 0 Å². The molecule has 2 atom stereocenters. The first-order valence-electron chi connectivity index (χ1n) is 7.49. The highest BCUT2D eigenvalue weighted by Crippen LogP contribution is 2.14. The molecule has 2 unspecified atom stereocenters. The van der Waals surface area contributed by atoms with Crippen molar-refractivity contribution in [2.45, 2.75) is 45.8 Å². The van der Waals surface area contributed by atoms with Crippen molar-refractivity contribution < 1.29 is 14.3 Å². The van der Waals surface area contributed by atoms with E-state index in [1.807, 2.05) is 45.0 Å². The van der Waals surface area contributed by atoms with Crippen molar-refractivity contribution in [3.05, 3.63) is 35.4 Å². The molecular formula is C17H23NO3. The average Bonchev–Trinajstić information content (AvgIpc) is 2.44. The highest BCUT2D eigenvalue weighted by Gasteiger charge is 2.25. The van der Waals surface area contributed by atoms with E-state index in [4.69, 9.17) is 4.74 Å². The number of carbonyl (C=O) groups excluding carboxylic acids is 2. The highest BCUT2D eigenvalue weighted by atomic mass is 16.5. The molecule has 0 N–H and O–H groups in total. The third kappa shape index (κ3) is 4.39. The maximum absolute atomic E-state index is 12.2. The molecule has 114 valence electrons. The van der Waals surface area contributed by atoms with Crippen LogP contribution in [0.15, 0.2) is 24.3 Å². The second kappa shape index (κ2) is 6.85. The largest absolute Gasteiger partial charge is 0.372 e. The molecule has 0 spiro atoms. The van der Waals surface area contributed by atoms with E-state index in [1.165, 1.54) is 0 Å². The predicted molar refractivity (Wildman–Crippen MR) is 81.3 cm³/mol. The van der Waals surface area contributed by atoms with Gasteiger partial charge in [-0.2, -0.15) is 0 Å². The van der Waals surface area contributed by atoms with Crippen LogP contribution in [0.5, 0.6) is 0 Å². The van der Waals surface area contributed by atoms with Crippen molar-refractivity contribution >= 4 is 11.7 Å². The number of aryl methyl sites for hydroxylation is 1. The lowest BCUT2D eigenvalue weighted by atomic mass is 10.0. The number of carbonyl (C=O) groups is 2. The van der Waals surface area contributed by atoms with Crippen LogP contribution in [0.4, 0.5) is 0 Å². The van der Waals surface area contributed by atoms with Gasteiger partial charge in [-0.3, -0.25) is 9.59 Å². The topological polar surface area (TPSA) is 46.6 Å². The van der Waals surface area contributed by atoms with E-state index in [2.05, 4.69) is 0 Å². The smallest absolute Gasteiger partial charge is 0.223 e. The van der Waals surface area contributed by atoms with Gasteiger partial charge in [0.25, 0.3) is 0 Å². The normalized spacial score (nSPS) is 22.1. The zero-order chi connectivity index (χ0) is 15.4. The molecule has 0 aromatic heterocycles. The van der Waals surface area contributed by atoms with Crippen molar-refractivity contribution in [3.63, 3.8) is 0 Å². The lowest BCUT2D eigenvalue weighted by molar-refractivity contribution is -0.143. The SMILES string of the molecule is Cc1ccc(C(=O)CCC(=O)N2CC(C)OC(C)C2)cc1. The first-order valence-corrected chi connectivity index (χ1v) is 7.49. The molecule has 0 aliphatic carbocycles. The van der Waals surface area contributed by atoms with E-state index in [1.54, 1.807) is 4.90 Å². The minimum atomic E-state index is 0.0257. The minimum absolute atomic E-state index is 0.0257. The summed E-state index contributed by atoms with van der Waals surface area (Å²) in [6.07, 6.45) is 0.657. The molecule has 1 aromatic carbocycles. The standard InChI is InChI=1S/C17H23NO3/c1-12-4-6-15(7-5-12)16(19)8-9-17(20)18-10-13(2)21-14(3)11-18/h4-7,13-14H,8-11H2,1-3H3. The molecule has 0 saturated carbocycles. The number of rotatable bonds is 4. The van der Waals surface area contributed by atoms with Crippen molar-refractivity contribution in [2.75, 3.05) is 13.1 Å². The molecule has 4 nitrogen and oxygen atoms in total. The average molecular weight is 289 g/mol. The number of amides is 1. The van der Waals surface area contributed by atoms with Crippen LogP contribution in [-0.2, 0) is 9.53 Å². The summed E-state index contributed by atoms with van der Waals surface area (Å²) in [4.78, 5) is 26.1. The zero-order valence-corrected chi connectivity index (χ0v) is 13.0. The fourth-order valence-electron chi connectivity index (χ4n) is 2.64. The summed E-state index contributed by atoms with van der Waals surface area (Å²) in [7, 11) is 0. The van der Waals surface area contributed by atoms with Crippen molar-refractivity contribution in [3.8, 4) is 0 Å². The first kappa shape index (κ1) is 15.7. The van der Waals surface area contributed by atoms with Gasteiger partial charge in [-0.1, -0.05) is 29.8 Å². The van der Waals surface area contributed by atoms with Gasteiger partial charge in [0.05, 0.1) is 12.2 Å². The summed E-state index contributed by atoms with van der Waals surface area (Å²) in [5.41, 5.74) is 1.80. The molecule has 4 heteroatoms. The number of morpholine rings is 1. The van der Waals surface area contributed by atoms with Crippen LogP contribution >= 0.6 is 0 Å². The molecular weight excluding hydrogens is 266 g/mol. The second-order valence-electron chi connectivity index (χ2n) is 5.85. The minimum Gasteiger partial charge on any atom is -0.372 e. The van der Waals surface area contributed by atoms with Gasteiger partial charge in [0, 0.05) is 31.5 Å². The lowest BCUT2D eigenvalue weighted by Crippen LogP contribution is -2.48. The third-order valence-electron chi connectivity index (χ3n) is 3.71. The number of Topliss-reactive ketones (excluding diaryl/α,β-unsaturated/α-hetero) is 1. The molecule has 1 aliphatic rings. The van der Waals surface area contributed by atoms with Gasteiger partial charge in [-0.05, 0) is 20.8 Å². The molecule has 1 aliphatic heterocycles. The molecule has 2 rings (SSSR count). The predicted octanol–water partition coefficient (Wildman–Crippen LogP) is 2.59. The van der Waals surface area contributed by atoms with Crippen LogP contribution in [0, 0.1) is 6.92 Å². The Balaban J connectivity index is 1.86. The fourth-order valence-corrected chi connectivity index (χ4v) is 2.64. The Bertz CT molecular complexity index is 499. The van der Waals surface area contributed by atoms with E-state index >= 15 is 0 Å². The van der Waals surface area contributed by atoms with Crippen LogP contribution in [0.1, 0.15) is 42.6 Å². The third-order valence-corrected chi connectivity index (χ3v) is 3.71. The number of benzene rings is 1. The Kier molecular flexibility index (Phi) is 5.12. The molecule has 21 heavy (non-hydrogen) atoms. The summed E-state index contributed by atoms with van der Waals surface area (Å²) >= 11 is 0. The molecule has 1 aromatic rings. The van der Waals surface area contributed by atoms with Gasteiger partial charge in [-0.25, -0.2) is 0 Å². The van der Waals surface area contributed by atoms with Gasteiger partial charge < -0.3 is 9.64 Å². The van der Waals surface area contributed by atoms with Gasteiger partial charge in [0.1, 0.15) is 0 Å². The number of ketones is 1. The number of nitrogens with zero attached hydrogens (tertiary/aromatic N) is 1. The number of hydrogen-bond donors (Lipinski definition) is 0. The quantitative estimate of drug-likeness (QED) is 0.800. The Morgan fingerprint density at radius 3 is 2.24 bits per heavy atom. The van der Waals surface area contributed by atoms with Crippen LogP contribution in [0.3, 0.4) is 0 Å². The van der Waals surface area contributed by atoms with E-state index in [0.29, 0.717) is 18.7 Å². The summed E-state index contributed by atoms with van der Waals surface area (Å²) in [6, 6.07) is 7.48. The van der Waals surface area contributed by atoms with E-state index < -0.39 is 0 Å². The number of hydrogen-bond acceptors (Lipinski definition) is 3. The Morgan fingerprint density at radius 2 is 1.67 bits per heavy atom. The maximum atomic E-state index is 12.2. The van der Waals surface area contributed by atoms with Crippen molar-refractivity contribution in [2.24, 2.45) is 0 Å². The summed E-state index contributed by atoms with van der Waals surface area (Å²) in [6.45, 7) is 7.14. The molecule has 0 radical (unpaired) electrons. The van der Waals surface area contributed by atoms with E-state index in [-0.39, 0.29) is 36.7 Å². The summed E-state index contributed by atoms with van der Waals surface area (Å²) < 4.78 is 5.61. The van der Waals surface area contributed by atoms with Gasteiger partial charge in [0.2, 0.25) is 5.91 Å². The lowest BCUT2D eigenvalue weighted by Gasteiger charge is -2.35. The Hall–Kier alpha value is -1.68. The van der Waals surface area contributed by atoms with Crippen LogP contribution in [-0.4, -0.2) is 41.9 Å². The molecule has 1 amide bonds. The van der Waals surface area contributed by atoms with E-state index in [9.17, 15) is 9.59 Å². The first-order chi connectivity index (χ1) is 9.95. The van der Waals surface area contributed by atoms with Crippen LogP contribution in [0.25, 0.3) is 0 Å². The highest BCUT2D eigenvalue weighted by molar-refractivity contribution is 5.97. The molecule has 0 bridgehead atoms. The van der Waals surface area contributed by atoms with Gasteiger partial charge in [-0.15, -0.1) is 0 Å². The van der Waals surface area contributed by atoms with E-state index in [0.717, 1.165) is 5.56 Å². The molecule has 1 saturated heterocycles. The Morgan fingerprint density at radius 1 is 1.10 bits per heavy atom. The van der Waals surface area contributed by atoms with Gasteiger partial charge in [0.15, 0.2) is 5.78 Å². The summed E-state index contributed by atoms with van der Waals surface area (Å²) in [5, 5.41) is 0. The van der Waals surface area contributed by atoms with Crippen molar-refractivity contribution in [1.82, 2.24) is 4.90 Å². The zero-order valence-electron chi connectivity index (χ0n) is 13.0. The van der Waals surface area contributed by atoms with Crippen LogP contribution in [0.2, 0.25) is 0 Å². The summed E-state index contributed by atoms with van der Waals surface area (Å²) in [5.74, 6) is 0.0650. The number of ether oxygens (including phenoxy) is 1.